The van der Waals surface area contributed by atoms with Crippen LogP contribution in [0.2, 0.25) is 0 Å². The van der Waals surface area contributed by atoms with Crippen LogP contribution in [0.15, 0.2) is 36.4 Å². The molecule has 8 nitrogen and oxygen atoms in total. The average Bonchev–Trinajstić information content (AvgIpc) is 2.83. The summed E-state index contributed by atoms with van der Waals surface area (Å²) < 4.78 is 26.2. The first kappa shape index (κ1) is 27.6. The maximum absolute atomic E-state index is 11.4. The number of carboxylic acid groups (broad SMARTS) is 1. The molecule has 2 rings (SSSR count). The topological polar surface area (TPSA) is 101 Å². The van der Waals surface area contributed by atoms with Crippen LogP contribution in [0.3, 0.4) is 0 Å². The fourth-order valence-corrected chi connectivity index (χ4v) is 2.51. The van der Waals surface area contributed by atoms with Crippen LogP contribution in [0.25, 0.3) is 0 Å². The number of benzene rings is 2. The van der Waals surface area contributed by atoms with Crippen LogP contribution in [-0.2, 0) is 4.74 Å². The van der Waals surface area contributed by atoms with E-state index >= 15 is 0 Å². The lowest BCUT2D eigenvalue weighted by atomic mass is 10.2. The quantitative estimate of drug-likeness (QED) is 0.479. The Kier molecular flexibility index (Phi) is 11.6. The minimum absolute atomic E-state index is 0.0737. The van der Waals surface area contributed by atoms with E-state index in [4.69, 9.17) is 24.1 Å². The molecule has 0 aliphatic rings. The summed E-state index contributed by atoms with van der Waals surface area (Å²) in [5.74, 6) is 0.816. The van der Waals surface area contributed by atoms with Crippen molar-refractivity contribution in [3.05, 3.63) is 47.5 Å². The number of carbonyl (C=O) groups excluding carboxylic acids is 1. The molecule has 0 saturated heterocycles. The van der Waals surface area contributed by atoms with Crippen LogP contribution in [0, 0.1) is 0 Å². The minimum atomic E-state index is -0.978. The molecular formula is C25H34O8. The first-order valence-electron chi connectivity index (χ1n) is 10.7. The standard InChI is InChI=1S/C13H18O4.C12H16O4/c1-5-9(2)17-11-7-6-10(13(14)16-4)8-12(11)15-3;1-4-8(2)16-10-6-5-9(12(13)14)7-11(10)15-3/h6-9H,5H2,1-4H3;5-8H,4H2,1-3H3,(H,13,14). The summed E-state index contributed by atoms with van der Waals surface area (Å²) >= 11 is 0. The Morgan fingerprint density at radius 2 is 1.18 bits per heavy atom. The summed E-state index contributed by atoms with van der Waals surface area (Å²) in [5.41, 5.74) is 0.634. The van der Waals surface area contributed by atoms with Gasteiger partial charge in [-0.2, -0.15) is 0 Å². The monoisotopic (exact) mass is 462 g/mol. The fraction of sp³-hybridized carbons (Fsp3) is 0.440. The van der Waals surface area contributed by atoms with Gasteiger partial charge in [0.15, 0.2) is 23.0 Å². The second-order valence-corrected chi connectivity index (χ2v) is 7.20. The smallest absolute Gasteiger partial charge is 0.337 e. The van der Waals surface area contributed by atoms with Crippen molar-refractivity contribution in [2.24, 2.45) is 0 Å². The minimum Gasteiger partial charge on any atom is -0.493 e. The van der Waals surface area contributed by atoms with Crippen LogP contribution < -0.4 is 18.9 Å². The third kappa shape index (κ3) is 8.56. The Bertz CT molecular complexity index is 909. The highest BCUT2D eigenvalue weighted by Gasteiger charge is 2.13. The highest BCUT2D eigenvalue weighted by molar-refractivity contribution is 5.90. The van der Waals surface area contributed by atoms with Crippen molar-refractivity contribution in [3.8, 4) is 23.0 Å². The van der Waals surface area contributed by atoms with Gasteiger partial charge in [-0.15, -0.1) is 0 Å². The van der Waals surface area contributed by atoms with Crippen molar-refractivity contribution in [3.63, 3.8) is 0 Å². The Balaban J connectivity index is 0.000000331. The predicted molar refractivity (Wildman–Crippen MR) is 125 cm³/mol. The molecular weight excluding hydrogens is 428 g/mol. The summed E-state index contributed by atoms with van der Waals surface area (Å²) in [6, 6.07) is 9.57. The molecule has 2 aromatic carbocycles. The normalized spacial score (nSPS) is 11.8. The highest BCUT2D eigenvalue weighted by atomic mass is 16.5. The van der Waals surface area contributed by atoms with E-state index < -0.39 is 11.9 Å². The third-order valence-electron chi connectivity index (χ3n) is 4.80. The largest absolute Gasteiger partial charge is 0.493 e. The fourth-order valence-electron chi connectivity index (χ4n) is 2.51. The zero-order valence-corrected chi connectivity index (χ0v) is 20.3. The maximum Gasteiger partial charge on any atom is 0.337 e. The second kappa shape index (κ2) is 13.9. The van der Waals surface area contributed by atoms with E-state index in [1.165, 1.54) is 26.4 Å². The Morgan fingerprint density at radius 1 is 0.758 bits per heavy atom. The lowest BCUT2D eigenvalue weighted by Crippen LogP contribution is -2.11. The number of ether oxygens (including phenoxy) is 5. The van der Waals surface area contributed by atoms with Crippen LogP contribution in [0.1, 0.15) is 61.3 Å². The van der Waals surface area contributed by atoms with Crippen molar-refractivity contribution in [2.75, 3.05) is 21.3 Å². The van der Waals surface area contributed by atoms with Gasteiger partial charge in [0, 0.05) is 0 Å². The van der Waals surface area contributed by atoms with Crippen LogP contribution in [0.5, 0.6) is 23.0 Å². The maximum atomic E-state index is 11.4. The molecule has 0 aliphatic carbocycles. The molecule has 0 spiro atoms. The molecule has 0 amide bonds. The predicted octanol–water partition coefficient (Wildman–Crippen LogP) is 5.23. The van der Waals surface area contributed by atoms with Gasteiger partial charge in [0.25, 0.3) is 0 Å². The van der Waals surface area contributed by atoms with Crippen molar-refractivity contribution in [1.29, 1.82) is 0 Å². The van der Waals surface area contributed by atoms with Gasteiger partial charge in [-0.3, -0.25) is 0 Å². The average molecular weight is 463 g/mol. The van der Waals surface area contributed by atoms with Crippen LogP contribution in [-0.4, -0.2) is 50.6 Å². The lowest BCUT2D eigenvalue weighted by molar-refractivity contribution is 0.0599. The van der Waals surface area contributed by atoms with Gasteiger partial charge in [-0.1, -0.05) is 13.8 Å². The molecule has 0 saturated carbocycles. The summed E-state index contributed by atoms with van der Waals surface area (Å²) in [7, 11) is 4.38. The van der Waals surface area contributed by atoms with E-state index in [9.17, 15) is 9.59 Å². The van der Waals surface area contributed by atoms with E-state index in [2.05, 4.69) is 4.74 Å². The number of carbonyl (C=O) groups is 2. The van der Waals surface area contributed by atoms with Gasteiger partial charge in [0.2, 0.25) is 0 Å². The second-order valence-electron chi connectivity index (χ2n) is 7.20. The van der Waals surface area contributed by atoms with Gasteiger partial charge in [0.05, 0.1) is 44.7 Å². The molecule has 182 valence electrons. The molecule has 2 aromatic rings. The molecule has 0 aromatic heterocycles. The molecule has 8 heteroatoms. The molecule has 0 radical (unpaired) electrons. The number of rotatable bonds is 10. The van der Waals surface area contributed by atoms with E-state index in [1.807, 2.05) is 27.7 Å². The van der Waals surface area contributed by atoms with E-state index in [1.54, 1.807) is 31.4 Å². The summed E-state index contributed by atoms with van der Waals surface area (Å²) in [5, 5.41) is 8.83. The molecule has 0 fully saturated rings. The molecule has 1 N–H and O–H groups in total. The molecule has 33 heavy (non-hydrogen) atoms. The Morgan fingerprint density at radius 3 is 1.55 bits per heavy atom. The van der Waals surface area contributed by atoms with Gasteiger partial charge >= 0.3 is 11.9 Å². The van der Waals surface area contributed by atoms with Crippen molar-refractivity contribution < 1.29 is 38.4 Å². The van der Waals surface area contributed by atoms with Gasteiger partial charge in [0.1, 0.15) is 0 Å². The zero-order valence-electron chi connectivity index (χ0n) is 20.3. The Hall–Kier alpha value is -3.42. The van der Waals surface area contributed by atoms with E-state index in [0.717, 1.165) is 12.8 Å². The van der Waals surface area contributed by atoms with E-state index in [-0.39, 0.29) is 17.8 Å². The highest BCUT2D eigenvalue weighted by Crippen LogP contribution is 2.30. The van der Waals surface area contributed by atoms with Gasteiger partial charge in [-0.05, 0) is 63.1 Å². The first-order valence-corrected chi connectivity index (χ1v) is 10.7. The number of hydrogen-bond donors (Lipinski definition) is 1. The molecule has 0 heterocycles. The van der Waals surface area contributed by atoms with Crippen LogP contribution in [0.4, 0.5) is 0 Å². The van der Waals surface area contributed by atoms with E-state index in [0.29, 0.717) is 28.6 Å². The number of methoxy groups -OCH3 is 3. The van der Waals surface area contributed by atoms with Gasteiger partial charge in [-0.25, -0.2) is 9.59 Å². The molecule has 0 aliphatic heterocycles. The zero-order chi connectivity index (χ0) is 25.0. The third-order valence-corrected chi connectivity index (χ3v) is 4.80. The van der Waals surface area contributed by atoms with Crippen molar-refractivity contribution in [1.82, 2.24) is 0 Å². The first-order chi connectivity index (χ1) is 15.7. The molecule has 0 bridgehead atoms. The lowest BCUT2D eigenvalue weighted by Gasteiger charge is -2.15. The molecule has 2 atom stereocenters. The van der Waals surface area contributed by atoms with Crippen molar-refractivity contribution >= 4 is 11.9 Å². The Labute approximate surface area is 195 Å². The molecule has 2 unspecified atom stereocenters. The van der Waals surface area contributed by atoms with Crippen LogP contribution >= 0.6 is 0 Å². The van der Waals surface area contributed by atoms with Crippen molar-refractivity contribution in [2.45, 2.75) is 52.7 Å². The summed E-state index contributed by atoms with van der Waals surface area (Å²) in [4.78, 5) is 22.1. The number of carboxylic acids is 1. The van der Waals surface area contributed by atoms with Gasteiger partial charge < -0.3 is 28.8 Å². The number of aromatic carboxylic acids is 1. The number of hydrogen-bond acceptors (Lipinski definition) is 7. The summed E-state index contributed by atoms with van der Waals surface area (Å²) in [6.07, 6.45) is 1.96. The summed E-state index contributed by atoms with van der Waals surface area (Å²) in [6.45, 7) is 7.99. The SMILES string of the molecule is CCC(C)Oc1ccc(C(=O)O)cc1OC.CCC(C)Oc1ccc(C(=O)OC)cc1OC. The number of esters is 1.